The Balaban J connectivity index is 1.76. The van der Waals surface area contributed by atoms with Crippen LogP contribution in [0.3, 0.4) is 0 Å². The summed E-state index contributed by atoms with van der Waals surface area (Å²) in [5.74, 6) is 1.03. The Hall–Kier alpha value is -1.02. The first-order chi connectivity index (χ1) is 9.60. The van der Waals surface area contributed by atoms with E-state index >= 15 is 0 Å². The van der Waals surface area contributed by atoms with E-state index in [1.165, 1.54) is 49.7 Å². The molecule has 2 saturated carbocycles. The molecule has 0 heterocycles. The molecule has 0 aromatic heterocycles. The van der Waals surface area contributed by atoms with Crippen LogP contribution in [-0.2, 0) is 0 Å². The topological polar surface area (TPSA) is 35.2 Å². The Morgan fingerprint density at radius 1 is 1.00 bits per heavy atom. The maximum Gasteiger partial charge on any atom is 0.120 e. The normalized spacial score (nSPS) is 28.8. The molecule has 0 amide bonds. The maximum absolute atomic E-state index is 6.38. The Morgan fingerprint density at radius 2 is 1.60 bits per heavy atom. The van der Waals surface area contributed by atoms with Crippen LogP contribution in [0.5, 0.6) is 5.75 Å². The van der Waals surface area contributed by atoms with Gasteiger partial charge in [0, 0.05) is 17.9 Å². The summed E-state index contributed by atoms with van der Waals surface area (Å²) < 4.78 is 6.35. The highest BCUT2D eigenvalue weighted by molar-refractivity contribution is 5.33. The number of hydrogen-bond donors (Lipinski definition) is 1. The molecule has 1 spiro atoms. The third-order valence-corrected chi connectivity index (χ3v) is 5.36. The van der Waals surface area contributed by atoms with E-state index in [0.29, 0.717) is 12.1 Å². The molecule has 2 aliphatic carbocycles. The van der Waals surface area contributed by atoms with Crippen LogP contribution in [0.1, 0.15) is 56.1 Å². The molecule has 0 radical (unpaired) electrons. The SMILES string of the molecule is Cc1cc(C)cc(OC2CC(N)C23CCCCCC3)c1. The number of rotatable bonds is 2. The van der Waals surface area contributed by atoms with Gasteiger partial charge >= 0.3 is 0 Å². The first-order valence-electron chi connectivity index (χ1n) is 8.11. The van der Waals surface area contributed by atoms with Crippen molar-refractivity contribution in [2.24, 2.45) is 11.1 Å². The van der Waals surface area contributed by atoms with Gasteiger partial charge in [-0.1, -0.05) is 31.7 Å². The third-order valence-electron chi connectivity index (χ3n) is 5.36. The van der Waals surface area contributed by atoms with Gasteiger partial charge in [0.05, 0.1) is 0 Å². The molecule has 2 nitrogen and oxygen atoms in total. The monoisotopic (exact) mass is 273 g/mol. The van der Waals surface area contributed by atoms with Crippen LogP contribution in [0.15, 0.2) is 18.2 Å². The van der Waals surface area contributed by atoms with Gasteiger partial charge in [0.15, 0.2) is 0 Å². The van der Waals surface area contributed by atoms with Crippen LogP contribution >= 0.6 is 0 Å². The van der Waals surface area contributed by atoms with E-state index in [9.17, 15) is 0 Å². The molecule has 2 atom stereocenters. The Kier molecular flexibility index (Phi) is 3.76. The summed E-state index contributed by atoms with van der Waals surface area (Å²) in [5, 5.41) is 0. The molecule has 0 bridgehead atoms. The molecule has 2 unspecified atom stereocenters. The molecule has 2 heteroatoms. The van der Waals surface area contributed by atoms with Crippen LogP contribution in [0.4, 0.5) is 0 Å². The highest BCUT2D eigenvalue weighted by Crippen LogP contribution is 2.51. The van der Waals surface area contributed by atoms with Gasteiger partial charge in [0.1, 0.15) is 11.9 Å². The second-order valence-electron chi connectivity index (χ2n) is 6.92. The Labute approximate surface area is 122 Å². The maximum atomic E-state index is 6.38. The molecule has 2 fully saturated rings. The van der Waals surface area contributed by atoms with Crippen molar-refractivity contribution >= 4 is 0 Å². The quantitative estimate of drug-likeness (QED) is 0.879. The Morgan fingerprint density at radius 3 is 2.15 bits per heavy atom. The summed E-state index contributed by atoms with van der Waals surface area (Å²) in [4.78, 5) is 0. The summed E-state index contributed by atoms with van der Waals surface area (Å²) in [6.45, 7) is 4.27. The van der Waals surface area contributed by atoms with Crippen LogP contribution in [-0.4, -0.2) is 12.1 Å². The largest absolute Gasteiger partial charge is 0.490 e. The summed E-state index contributed by atoms with van der Waals surface area (Å²) >= 11 is 0. The lowest BCUT2D eigenvalue weighted by Crippen LogP contribution is -2.63. The van der Waals surface area contributed by atoms with Gasteiger partial charge in [0.2, 0.25) is 0 Å². The zero-order chi connectivity index (χ0) is 14.2. The van der Waals surface area contributed by atoms with E-state index in [1.807, 2.05) is 0 Å². The predicted molar refractivity (Wildman–Crippen MR) is 83.1 cm³/mol. The van der Waals surface area contributed by atoms with Crippen LogP contribution in [0, 0.1) is 19.3 Å². The molecule has 1 aromatic carbocycles. The fourth-order valence-corrected chi connectivity index (χ4v) is 4.19. The molecule has 20 heavy (non-hydrogen) atoms. The summed E-state index contributed by atoms with van der Waals surface area (Å²) in [7, 11) is 0. The number of nitrogens with two attached hydrogens (primary N) is 1. The van der Waals surface area contributed by atoms with Crippen LogP contribution in [0.25, 0.3) is 0 Å². The second-order valence-corrected chi connectivity index (χ2v) is 6.92. The van der Waals surface area contributed by atoms with E-state index < -0.39 is 0 Å². The van der Waals surface area contributed by atoms with Gasteiger partial charge < -0.3 is 10.5 Å². The van der Waals surface area contributed by atoms with E-state index in [0.717, 1.165) is 12.2 Å². The molecule has 110 valence electrons. The molecular weight excluding hydrogens is 246 g/mol. The third kappa shape index (κ3) is 2.46. The van der Waals surface area contributed by atoms with Gasteiger partial charge in [-0.05, 0) is 49.9 Å². The summed E-state index contributed by atoms with van der Waals surface area (Å²) in [6.07, 6.45) is 9.23. The fourth-order valence-electron chi connectivity index (χ4n) is 4.19. The van der Waals surface area contributed by atoms with Crippen molar-refractivity contribution in [3.8, 4) is 5.75 Å². The second kappa shape index (κ2) is 5.40. The van der Waals surface area contributed by atoms with Crippen LogP contribution in [0.2, 0.25) is 0 Å². The highest BCUT2D eigenvalue weighted by Gasteiger charge is 2.54. The minimum Gasteiger partial charge on any atom is -0.490 e. The van der Waals surface area contributed by atoms with E-state index in [2.05, 4.69) is 32.0 Å². The van der Waals surface area contributed by atoms with Crippen LogP contribution < -0.4 is 10.5 Å². The lowest BCUT2D eigenvalue weighted by Gasteiger charge is -2.54. The van der Waals surface area contributed by atoms with E-state index in [-0.39, 0.29) is 5.41 Å². The summed E-state index contributed by atoms with van der Waals surface area (Å²) in [6, 6.07) is 6.85. The molecule has 2 N–H and O–H groups in total. The van der Waals surface area contributed by atoms with E-state index in [4.69, 9.17) is 10.5 Å². The van der Waals surface area contributed by atoms with Gasteiger partial charge in [0.25, 0.3) is 0 Å². The first-order valence-corrected chi connectivity index (χ1v) is 8.11. The zero-order valence-electron chi connectivity index (χ0n) is 12.8. The van der Waals surface area contributed by atoms with Crippen molar-refractivity contribution in [3.05, 3.63) is 29.3 Å². The summed E-state index contributed by atoms with van der Waals surface area (Å²) in [5.41, 5.74) is 9.19. The smallest absolute Gasteiger partial charge is 0.120 e. The van der Waals surface area contributed by atoms with Crippen molar-refractivity contribution < 1.29 is 4.74 Å². The molecule has 1 aromatic rings. The molecular formula is C18H27NO. The van der Waals surface area contributed by atoms with Crippen molar-refractivity contribution in [3.63, 3.8) is 0 Å². The standard InChI is InChI=1S/C18H27NO/c1-13-9-14(2)11-15(10-13)20-17-12-16(19)18(17)7-5-3-4-6-8-18/h9-11,16-17H,3-8,12,19H2,1-2H3. The van der Waals surface area contributed by atoms with Crippen molar-refractivity contribution in [1.29, 1.82) is 0 Å². The fraction of sp³-hybridized carbons (Fsp3) is 0.667. The molecule has 0 saturated heterocycles. The molecule has 3 rings (SSSR count). The number of benzene rings is 1. The molecule has 2 aliphatic rings. The zero-order valence-corrected chi connectivity index (χ0v) is 12.8. The van der Waals surface area contributed by atoms with Gasteiger partial charge in [-0.3, -0.25) is 0 Å². The van der Waals surface area contributed by atoms with Crippen molar-refractivity contribution in [1.82, 2.24) is 0 Å². The molecule has 0 aliphatic heterocycles. The minimum atomic E-state index is 0.258. The Bertz CT molecular complexity index is 454. The van der Waals surface area contributed by atoms with Crippen molar-refractivity contribution in [2.45, 2.75) is 70.9 Å². The number of ether oxygens (including phenoxy) is 1. The highest BCUT2D eigenvalue weighted by atomic mass is 16.5. The first kappa shape index (κ1) is 13.9. The van der Waals surface area contributed by atoms with Gasteiger partial charge in [-0.2, -0.15) is 0 Å². The number of aryl methyl sites for hydroxylation is 2. The predicted octanol–water partition coefficient (Wildman–Crippen LogP) is 4.12. The lowest BCUT2D eigenvalue weighted by atomic mass is 9.58. The number of hydrogen-bond acceptors (Lipinski definition) is 2. The average molecular weight is 273 g/mol. The van der Waals surface area contributed by atoms with Gasteiger partial charge in [-0.25, -0.2) is 0 Å². The van der Waals surface area contributed by atoms with E-state index in [1.54, 1.807) is 0 Å². The lowest BCUT2D eigenvalue weighted by molar-refractivity contribution is -0.0770. The minimum absolute atomic E-state index is 0.258. The van der Waals surface area contributed by atoms with Gasteiger partial charge in [-0.15, -0.1) is 0 Å². The van der Waals surface area contributed by atoms with Crippen molar-refractivity contribution in [2.75, 3.05) is 0 Å². The average Bonchev–Trinajstić information content (AvgIpc) is 2.65.